The zero-order valence-electron chi connectivity index (χ0n) is 19.6. The number of aryl methyl sites for hydroxylation is 1. The Balaban J connectivity index is 1.58. The summed E-state index contributed by atoms with van der Waals surface area (Å²) >= 11 is 0. The number of hydrogen-bond acceptors (Lipinski definition) is 4. The van der Waals surface area contributed by atoms with Crippen LogP contribution >= 0.6 is 0 Å². The standard InChI is InChI=1S/C30H24N4O/c1-20-28-29(21-9-5-3-6-10-21)26-19-23(31-22-13-16-25(35-2)17-14-22)15-18-27(26)32-30(28)34(33-20)24-11-7-4-8-12-24/h3-19,31H,1-2H3. The molecule has 0 atom stereocenters. The highest BCUT2D eigenvalue weighted by atomic mass is 16.5. The van der Waals surface area contributed by atoms with Crippen molar-refractivity contribution in [2.45, 2.75) is 6.92 Å². The van der Waals surface area contributed by atoms with E-state index in [1.54, 1.807) is 7.11 Å². The van der Waals surface area contributed by atoms with Crippen LogP contribution in [-0.4, -0.2) is 21.9 Å². The van der Waals surface area contributed by atoms with Gasteiger partial charge < -0.3 is 10.1 Å². The Labute approximate surface area is 203 Å². The Morgan fingerprint density at radius 1 is 0.771 bits per heavy atom. The maximum Gasteiger partial charge on any atom is 0.164 e. The van der Waals surface area contributed by atoms with Crippen molar-refractivity contribution in [2.75, 3.05) is 12.4 Å². The summed E-state index contributed by atoms with van der Waals surface area (Å²) in [6, 6.07) is 34.9. The van der Waals surface area contributed by atoms with Gasteiger partial charge in [0.2, 0.25) is 0 Å². The molecule has 0 aliphatic heterocycles. The Hall–Kier alpha value is -4.64. The minimum atomic E-state index is 0.831. The van der Waals surface area contributed by atoms with E-state index in [0.717, 1.165) is 61.6 Å². The normalized spacial score (nSPS) is 11.1. The third kappa shape index (κ3) is 3.77. The lowest BCUT2D eigenvalue weighted by Crippen LogP contribution is -1.98. The Morgan fingerprint density at radius 2 is 1.46 bits per heavy atom. The molecule has 35 heavy (non-hydrogen) atoms. The summed E-state index contributed by atoms with van der Waals surface area (Å²) in [5.74, 6) is 0.831. The Morgan fingerprint density at radius 3 is 2.17 bits per heavy atom. The number of benzene rings is 4. The summed E-state index contributed by atoms with van der Waals surface area (Å²) in [5, 5.41) is 10.6. The lowest BCUT2D eigenvalue weighted by Gasteiger charge is -2.13. The maximum atomic E-state index is 5.28. The summed E-state index contributed by atoms with van der Waals surface area (Å²) in [4.78, 5) is 5.09. The van der Waals surface area contributed by atoms with E-state index in [2.05, 4.69) is 66.8 Å². The third-order valence-electron chi connectivity index (χ3n) is 6.22. The van der Waals surface area contributed by atoms with Gasteiger partial charge in [-0.05, 0) is 67.1 Å². The molecular formula is C30H24N4O. The van der Waals surface area contributed by atoms with Crippen molar-refractivity contribution in [3.8, 4) is 22.6 Å². The number of fused-ring (bicyclic) bond motifs is 2. The third-order valence-corrected chi connectivity index (χ3v) is 6.22. The molecule has 0 bridgehead atoms. The number of methoxy groups -OCH3 is 1. The first-order chi connectivity index (χ1) is 17.2. The molecule has 6 aromatic rings. The van der Waals surface area contributed by atoms with E-state index in [1.165, 1.54) is 0 Å². The van der Waals surface area contributed by atoms with E-state index in [4.69, 9.17) is 14.8 Å². The van der Waals surface area contributed by atoms with E-state index >= 15 is 0 Å². The number of aromatic nitrogens is 3. The molecule has 1 N–H and O–H groups in total. The van der Waals surface area contributed by atoms with Crippen molar-refractivity contribution in [3.05, 3.63) is 109 Å². The number of rotatable bonds is 5. The number of anilines is 2. The molecule has 0 saturated carbocycles. The van der Waals surface area contributed by atoms with E-state index in [9.17, 15) is 0 Å². The van der Waals surface area contributed by atoms with Gasteiger partial charge in [-0.25, -0.2) is 9.67 Å². The fourth-order valence-corrected chi connectivity index (χ4v) is 4.57. The number of hydrogen-bond donors (Lipinski definition) is 1. The maximum absolute atomic E-state index is 5.28. The zero-order chi connectivity index (χ0) is 23.8. The minimum Gasteiger partial charge on any atom is -0.497 e. The summed E-state index contributed by atoms with van der Waals surface area (Å²) in [7, 11) is 1.67. The molecule has 0 aliphatic rings. The van der Waals surface area contributed by atoms with Crippen LogP contribution in [0.5, 0.6) is 5.75 Å². The topological polar surface area (TPSA) is 52.0 Å². The van der Waals surface area contributed by atoms with Crippen LogP contribution in [0.4, 0.5) is 11.4 Å². The second-order valence-electron chi connectivity index (χ2n) is 8.47. The van der Waals surface area contributed by atoms with Crippen LogP contribution in [0.25, 0.3) is 38.8 Å². The van der Waals surface area contributed by atoms with Crippen molar-refractivity contribution < 1.29 is 4.74 Å². The Bertz CT molecular complexity index is 1640. The fourth-order valence-electron chi connectivity index (χ4n) is 4.57. The highest BCUT2D eigenvalue weighted by Crippen LogP contribution is 2.38. The molecule has 2 heterocycles. The van der Waals surface area contributed by atoms with Gasteiger partial charge in [-0.2, -0.15) is 5.10 Å². The monoisotopic (exact) mass is 456 g/mol. The molecule has 5 heteroatoms. The molecule has 0 aliphatic carbocycles. The molecular weight excluding hydrogens is 432 g/mol. The SMILES string of the molecule is COc1ccc(Nc2ccc3nc4c(c(C)nn4-c4ccccc4)c(-c4ccccc4)c3c2)cc1. The number of nitrogens with zero attached hydrogens (tertiary/aromatic N) is 3. The van der Waals surface area contributed by atoms with Crippen LogP contribution in [0.3, 0.4) is 0 Å². The van der Waals surface area contributed by atoms with Crippen LogP contribution in [0.15, 0.2) is 103 Å². The molecule has 0 spiro atoms. The first-order valence-corrected chi connectivity index (χ1v) is 11.6. The summed E-state index contributed by atoms with van der Waals surface area (Å²) in [6.45, 7) is 2.06. The molecule has 5 nitrogen and oxygen atoms in total. The largest absolute Gasteiger partial charge is 0.497 e. The highest BCUT2D eigenvalue weighted by Gasteiger charge is 2.19. The molecule has 4 aromatic carbocycles. The van der Waals surface area contributed by atoms with Crippen molar-refractivity contribution in [3.63, 3.8) is 0 Å². The minimum absolute atomic E-state index is 0.831. The van der Waals surface area contributed by atoms with Gasteiger partial charge in [0.25, 0.3) is 0 Å². The zero-order valence-corrected chi connectivity index (χ0v) is 19.6. The van der Waals surface area contributed by atoms with Crippen LogP contribution < -0.4 is 10.1 Å². The van der Waals surface area contributed by atoms with E-state index < -0.39 is 0 Å². The first kappa shape index (κ1) is 20.9. The Kier molecular flexibility index (Phi) is 5.15. The lowest BCUT2D eigenvalue weighted by atomic mass is 9.96. The van der Waals surface area contributed by atoms with Crippen LogP contribution in [-0.2, 0) is 0 Å². The number of para-hydroxylation sites is 1. The lowest BCUT2D eigenvalue weighted by molar-refractivity contribution is 0.415. The van der Waals surface area contributed by atoms with Gasteiger partial charge in [-0.15, -0.1) is 0 Å². The van der Waals surface area contributed by atoms with Gasteiger partial charge in [0.05, 0.1) is 29.4 Å². The quantitative estimate of drug-likeness (QED) is 0.296. The molecule has 0 saturated heterocycles. The van der Waals surface area contributed by atoms with E-state index in [-0.39, 0.29) is 0 Å². The highest BCUT2D eigenvalue weighted by molar-refractivity contribution is 6.10. The first-order valence-electron chi connectivity index (χ1n) is 11.6. The number of pyridine rings is 1. The van der Waals surface area contributed by atoms with Crippen molar-refractivity contribution in [1.29, 1.82) is 0 Å². The van der Waals surface area contributed by atoms with Gasteiger partial charge in [-0.1, -0.05) is 48.5 Å². The molecule has 0 fully saturated rings. The summed E-state index contributed by atoms with van der Waals surface area (Å²) < 4.78 is 7.23. The van der Waals surface area contributed by atoms with Crippen LogP contribution in [0.2, 0.25) is 0 Å². The predicted octanol–water partition coefficient (Wildman–Crippen LogP) is 7.30. The van der Waals surface area contributed by atoms with Gasteiger partial charge in [-0.3, -0.25) is 0 Å². The molecule has 170 valence electrons. The smallest absolute Gasteiger partial charge is 0.164 e. The summed E-state index contributed by atoms with van der Waals surface area (Å²) in [6.07, 6.45) is 0. The van der Waals surface area contributed by atoms with Gasteiger partial charge in [0.1, 0.15) is 5.75 Å². The van der Waals surface area contributed by atoms with E-state index in [0.29, 0.717) is 0 Å². The molecule has 6 rings (SSSR count). The number of nitrogens with one attached hydrogen (secondary N) is 1. The van der Waals surface area contributed by atoms with Crippen molar-refractivity contribution in [2.24, 2.45) is 0 Å². The average molecular weight is 457 g/mol. The number of ether oxygens (including phenoxy) is 1. The van der Waals surface area contributed by atoms with Gasteiger partial charge in [0, 0.05) is 22.3 Å². The van der Waals surface area contributed by atoms with Crippen molar-refractivity contribution in [1.82, 2.24) is 14.8 Å². The summed E-state index contributed by atoms with van der Waals surface area (Å²) in [5.41, 5.74) is 8.00. The molecule has 0 amide bonds. The second-order valence-corrected chi connectivity index (χ2v) is 8.47. The molecule has 0 unspecified atom stereocenters. The fraction of sp³-hybridized carbons (Fsp3) is 0.0667. The van der Waals surface area contributed by atoms with Crippen LogP contribution in [0, 0.1) is 6.92 Å². The van der Waals surface area contributed by atoms with Crippen molar-refractivity contribution >= 4 is 33.3 Å². The van der Waals surface area contributed by atoms with Gasteiger partial charge >= 0.3 is 0 Å². The predicted molar refractivity (Wildman–Crippen MR) is 143 cm³/mol. The molecule has 0 radical (unpaired) electrons. The van der Waals surface area contributed by atoms with Crippen LogP contribution in [0.1, 0.15) is 5.69 Å². The second kappa shape index (κ2) is 8.61. The average Bonchev–Trinajstić information content (AvgIpc) is 3.24. The van der Waals surface area contributed by atoms with Gasteiger partial charge in [0.15, 0.2) is 5.65 Å². The molecule has 2 aromatic heterocycles. The van der Waals surface area contributed by atoms with E-state index in [1.807, 2.05) is 53.2 Å².